The molecule has 4 aliphatic rings. The fraction of sp³-hybridized carbons (Fsp3) is 0.923. The van der Waals surface area contributed by atoms with Crippen LogP contribution in [-0.4, -0.2) is 0 Å². The topological polar surface area (TPSA) is 0 Å². The summed E-state index contributed by atoms with van der Waals surface area (Å²) >= 11 is 0. The lowest BCUT2D eigenvalue weighted by atomic mass is 9.43. The molecule has 0 aliphatic heterocycles. The van der Waals surface area contributed by atoms with Crippen LogP contribution in [0.3, 0.4) is 0 Å². The molecular weight excluding hydrogens is 312 g/mol. The zero-order chi connectivity index (χ0) is 18.5. The highest BCUT2D eigenvalue weighted by atomic mass is 14.6. The first-order chi connectivity index (χ1) is 12.4. The van der Waals surface area contributed by atoms with E-state index in [0.29, 0.717) is 10.8 Å². The largest absolute Gasteiger partial charge is 0.0679 e. The molecule has 0 nitrogen and oxygen atoms in total. The van der Waals surface area contributed by atoms with E-state index in [-0.39, 0.29) is 0 Å². The molecule has 3 saturated carbocycles. The number of hydrogen-bond acceptors (Lipinski definition) is 0. The van der Waals surface area contributed by atoms with Crippen LogP contribution in [0.4, 0.5) is 0 Å². The number of hydrogen-bond donors (Lipinski definition) is 0. The van der Waals surface area contributed by atoms with Gasteiger partial charge in [-0.1, -0.05) is 65.0 Å². The van der Waals surface area contributed by atoms with Crippen molar-refractivity contribution in [2.75, 3.05) is 0 Å². The molecule has 26 heavy (non-hydrogen) atoms. The lowest BCUT2D eigenvalue weighted by Crippen LogP contribution is -2.54. The van der Waals surface area contributed by atoms with Gasteiger partial charge in [0, 0.05) is 0 Å². The van der Waals surface area contributed by atoms with E-state index < -0.39 is 0 Å². The Balaban J connectivity index is 1.65. The summed E-state index contributed by atoms with van der Waals surface area (Å²) < 4.78 is 0. The summed E-state index contributed by atoms with van der Waals surface area (Å²) in [6.07, 6.45) is 17.9. The lowest BCUT2D eigenvalue weighted by Gasteiger charge is -2.62. The second-order valence-electron chi connectivity index (χ2n) is 11.4. The van der Waals surface area contributed by atoms with Gasteiger partial charge in [0.25, 0.3) is 0 Å². The SMILES string of the molecule is CCCCC1(C)CCCC2(C)C3CCC4CCC(C(C)C)=C4C3CCC12. The van der Waals surface area contributed by atoms with Gasteiger partial charge in [0.1, 0.15) is 0 Å². The molecule has 0 radical (unpaired) electrons. The van der Waals surface area contributed by atoms with E-state index in [1.54, 1.807) is 6.42 Å². The van der Waals surface area contributed by atoms with Crippen molar-refractivity contribution in [3.63, 3.8) is 0 Å². The Hall–Kier alpha value is -0.260. The predicted octanol–water partition coefficient (Wildman–Crippen LogP) is 8.17. The highest BCUT2D eigenvalue weighted by Crippen LogP contribution is 2.67. The maximum atomic E-state index is 2.75. The summed E-state index contributed by atoms with van der Waals surface area (Å²) in [7, 11) is 0. The minimum Gasteiger partial charge on any atom is -0.0679 e. The Morgan fingerprint density at radius 2 is 1.81 bits per heavy atom. The molecule has 0 aromatic rings. The number of unbranched alkanes of at least 4 members (excludes halogenated alkanes) is 1. The van der Waals surface area contributed by atoms with Crippen molar-refractivity contribution in [2.45, 2.75) is 112 Å². The molecule has 0 amide bonds. The molecule has 6 unspecified atom stereocenters. The molecule has 0 saturated heterocycles. The first-order valence-electron chi connectivity index (χ1n) is 12.1. The van der Waals surface area contributed by atoms with Gasteiger partial charge in [-0.05, 0) is 98.2 Å². The first-order valence-corrected chi connectivity index (χ1v) is 12.1. The zero-order valence-electron chi connectivity index (χ0n) is 18.4. The molecule has 0 heteroatoms. The Kier molecular flexibility index (Phi) is 5.11. The smallest absolute Gasteiger partial charge is 0.0164 e. The molecule has 0 heterocycles. The van der Waals surface area contributed by atoms with Gasteiger partial charge >= 0.3 is 0 Å². The molecule has 148 valence electrons. The Morgan fingerprint density at radius 3 is 2.54 bits per heavy atom. The van der Waals surface area contributed by atoms with E-state index in [2.05, 4.69) is 34.6 Å². The van der Waals surface area contributed by atoms with E-state index in [4.69, 9.17) is 0 Å². The Morgan fingerprint density at radius 1 is 1.00 bits per heavy atom. The van der Waals surface area contributed by atoms with Gasteiger partial charge in [-0.2, -0.15) is 0 Å². The van der Waals surface area contributed by atoms with Crippen LogP contribution in [0.1, 0.15) is 112 Å². The van der Waals surface area contributed by atoms with Crippen LogP contribution in [0.15, 0.2) is 11.1 Å². The summed E-state index contributed by atoms with van der Waals surface area (Å²) in [6, 6.07) is 0. The second kappa shape index (κ2) is 6.97. The van der Waals surface area contributed by atoms with Crippen molar-refractivity contribution in [1.82, 2.24) is 0 Å². The van der Waals surface area contributed by atoms with E-state index in [1.165, 1.54) is 70.6 Å². The Bertz CT molecular complexity index is 554. The minimum atomic E-state index is 0.631. The van der Waals surface area contributed by atoms with Crippen LogP contribution in [0.5, 0.6) is 0 Å². The van der Waals surface area contributed by atoms with Crippen molar-refractivity contribution >= 4 is 0 Å². The highest BCUT2D eigenvalue weighted by molar-refractivity contribution is 5.31. The van der Waals surface area contributed by atoms with Gasteiger partial charge in [0.2, 0.25) is 0 Å². The van der Waals surface area contributed by atoms with Crippen molar-refractivity contribution in [3.05, 3.63) is 11.1 Å². The molecule has 0 aromatic carbocycles. The number of allylic oxidation sites excluding steroid dienone is 2. The summed E-state index contributed by atoms with van der Waals surface area (Å²) in [4.78, 5) is 0. The van der Waals surface area contributed by atoms with E-state index in [9.17, 15) is 0 Å². The third-order valence-electron chi connectivity index (χ3n) is 9.80. The average Bonchev–Trinajstić information content (AvgIpc) is 3.04. The quantitative estimate of drug-likeness (QED) is 0.445. The normalized spacial score (nSPS) is 45.5. The summed E-state index contributed by atoms with van der Waals surface area (Å²) in [6.45, 7) is 12.7. The minimum absolute atomic E-state index is 0.631. The molecule has 3 fully saturated rings. The number of rotatable bonds is 4. The molecule has 4 aliphatic carbocycles. The van der Waals surface area contributed by atoms with Crippen molar-refractivity contribution in [1.29, 1.82) is 0 Å². The van der Waals surface area contributed by atoms with Crippen LogP contribution in [0, 0.1) is 40.4 Å². The van der Waals surface area contributed by atoms with Crippen LogP contribution in [0.2, 0.25) is 0 Å². The fourth-order valence-electron chi connectivity index (χ4n) is 8.66. The maximum Gasteiger partial charge on any atom is -0.0164 e. The highest BCUT2D eigenvalue weighted by Gasteiger charge is 2.57. The lowest BCUT2D eigenvalue weighted by molar-refractivity contribution is -0.111. The fourth-order valence-corrected chi connectivity index (χ4v) is 8.66. The third kappa shape index (κ3) is 2.84. The van der Waals surface area contributed by atoms with Gasteiger partial charge in [0.15, 0.2) is 0 Å². The van der Waals surface area contributed by atoms with Crippen molar-refractivity contribution < 1.29 is 0 Å². The van der Waals surface area contributed by atoms with Crippen molar-refractivity contribution in [2.24, 2.45) is 40.4 Å². The van der Waals surface area contributed by atoms with Crippen LogP contribution < -0.4 is 0 Å². The number of fused-ring (bicyclic) bond motifs is 5. The van der Waals surface area contributed by atoms with E-state index in [0.717, 1.165) is 29.6 Å². The summed E-state index contributed by atoms with van der Waals surface area (Å²) in [5, 5.41) is 0. The standard InChI is InChI=1S/C26H44/c1-6-7-15-25(4)16-8-17-26(5)22-13-10-19-9-11-20(18(2)3)24(19)21(22)12-14-23(25)26/h18-19,21-23H,6-17H2,1-5H3. The van der Waals surface area contributed by atoms with Crippen LogP contribution in [-0.2, 0) is 0 Å². The van der Waals surface area contributed by atoms with E-state index in [1.807, 2.05) is 11.1 Å². The second-order valence-corrected chi connectivity index (χ2v) is 11.4. The molecule has 0 spiro atoms. The Labute approximate surface area is 163 Å². The summed E-state index contributed by atoms with van der Waals surface area (Å²) in [5.74, 6) is 4.73. The zero-order valence-corrected chi connectivity index (χ0v) is 18.4. The average molecular weight is 357 g/mol. The molecule has 0 bridgehead atoms. The monoisotopic (exact) mass is 356 g/mol. The molecule has 0 aromatic heterocycles. The first kappa shape index (κ1) is 19.1. The molecule has 4 rings (SSSR count). The van der Waals surface area contributed by atoms with Gasteiger partial charge < -0.3 is 0 Å². The molecular formula is C26H44. The van der Waals surface area contributed by atoms with Gasteiger partial charge in [-0.15, -0.1) is 0 Å². The molecule has 0 N–H and O–H groups in total. The van der Waals surface area contributed by atoms with Crippen LogP contribution in [0.25, 0.3) is 0 Å². The van der Waals surface area contributed by atoms with Crippen molar-refractivity contribution in [3.8, 4) is 0 Å². The van der Waals surface area contributed by atoms with Gasteiger partial charge in [-0.25, -0.2) is 0 Å². The molecule has 6 atom stereocenters. The van der Waals surface area contributed by atoms with Gasteiger partial charge in [0.05, 0.1) is 0 Å². The third-order valence-corrected chi connectivity index (χ3v) is 9.80. The van der Waals surface area contributed by atoms with Crippen LogP contribution >= 0.6 is 0 Å². The van der Waals surface area contributed by atoms with Gasteiger partial charge in [-0.3, -0.25) is 0 Å². The maximum absolute atomic E-state index is 2.75. The summed E-state index contributed by atoms with van der Waals surface area (Å²) in [5.41, 5.74) is 5.18. The van der Waals surface area contributed by atoms with E-state index >= 15 is 0 Å². The predicted molar refractivity (Wildman–Crippen MR) is 113 cm³/mol.